The summed E-state index contributed by atoms with van der Waals surface area (Å²) in [6, 6.07) is 14.2. The van der Waals surface area contributed by atoms with Crippen molar-refractivity contribution in [2.75, 3.05) is 17.2 Å². The Morgan fingerprint density at radius 2 is 1.92 bits per heavy atom. The molecule has 0 atom stereocenters. The van der Waals surface area contributed by atoms with E-state index in [1.807, 2.05) is 54.6 Å². The van der Waals surface area contributed by atoms with E-state index in [9.17, 15) is 4.79 Å². The maximum Gasteiger partial charge on any atom is 0.237 e. The molecule has 0 aliphatic carbocycles. The fourth-order valence-corrected chi connectivity index (χ4v) is 3.48. The van der Waals surface area contributed by atoms with Gasteiger partial charge in [-0.05, 0) is 25.3 Å². The average Bonchev–Trinajstić information content (AvgIpc) is 2.92. The summed E-state index contributed by atoms with van der Waals surface area (Å²) in [5, 5.41) is 11.1. The molecule has 0 spiro atoms. The van der Waals surface area contributed by atoms with E-state index >= 15 is 0 Å². The zero-order chi connectivity index (χ0) is 17.1. The topological polar surface area (TPSA) is 51.0 Å². The van der Waals surface area contributed by atoms with Crippen molar-refractivity contribution in [3.63, 3.8) is 0 Å². The van der Waals surface area contributed by atoms with E-state index < -0.39 is 0 Å². The van der Waals surface area contributed by atoms with Crippen LogP contribution in [-0.2, 0) is 11.8 Å². The highest BCUT2D eigenvalue weighted by Crippen LogP contribution is 2.27. The van der Waals surface area contributed by atoms with Crippen LogP contribution < -0.4 is 4.90 Å². The van der Waals surface area contributed by atoms with E-state index in [1.54, 1.807) is 0 Å². The van der Waals surface area contributed by atoms with Crippen LogP contribution in [0.25, 0.3) is 10.8 Å². The van der Waals surface area contributed by atoms with Gasteiger partial charge in [-0.2, -0.15) is 0 Å². The first-order valence-corrected chi connectivity index (χ1v) is 8.87. The summed E-state index contributed by atoms with van der Waals surface area (Å²) >= 11 is 1.42. The lowest BCUT2D eigenvalue weighted by Gasteiger charge is -2.22. The van der Waals surface area contributed by atoms with Crippen molar-refractivity contribution >= 4 is 34.1 Å². The van der Waals surface area contributed by atoms with Gasteiger partial charge < -0.3 is 9.47 Å². The molecule has 5 nitrogen and oxygen atoms in total. The summed E-state index contributed by atoms with van der Waals surface area (Å²) in [5.41, 5.74) is 0.954. The van der Waals surface area contributed by atoms with Crippen molar-refractivity contribution in [2.24, 2.45) is 7.05 Å². The molecule has 0 saturated heterocycles. The summed E-state index contributed by atoms with van der Waals surface area (Å²) in [6.45, 7) is 4.52. The highest BCUT2D eigenvalue weighted by molar-refractivity contribution is 7.99. The van der Waals surface area contributed by atoms with Gasteiger partial charge in [0.2, 0.25) is 5.91 Å². The predicted molar refractivity (Wildman–Crippen MR) is 98.4 cm³/mol. The second-order valence-electron chi connectivity index (χ2n) is 5.51. The minimum Gasteiger partial charge on any atom is -0.311 e. The van der Waals surface area contributed by atoms with Gasteiger partial charge in [0.25, 0.3) is 0 Å². The van der Waals surface area contributed by atoms with Gasteiger partial charge in [0.15, 0.2) is 5.16 Å². The first-order chi connectivity index (χ1) is 11.6. The number of nitrogens with zero attached hydrogens (tertiary/aromatic N) is 4. The van der Waals surface area contributed by atoms with Crippen LogP contribution in [0.5, 0.6) is 0 Å². The maximum atomic E-state index is 12.8. The minimum atomic E-state index is 0.0690. The number of thioether (sulfide) groups is 1. The Bertz CT molecular complexity index is 869. The first-order valence-electron chi connectivity index (χ1n) is 7.88. The highest BCUT2D eigenvalue weighted by Gasteiger charge is 2.17. The number of benzene rings is 2. The molecule has 0 bridgehead atoms. The molecule has 1 amide bonds. The third kappa shape index (κ3) is 3.14. The molecule has 0 N–H and O–H groups in total. The van der Waals surface area contributed by atoms with Gasteiger partial charge in [-0.25, -0.2) is 0 Å². The first kappa shape index (κ1) is 16.5. The van der Waals surface area contributed by atoms with E-state index in [-0.39, 0.29) is 5.91 Å². The van der Waals surface area contributed by atoms with E-state index in [2.05, 4.69) is 28.4 Å². The predicted octanol–water partition coefficient (Wildman–Crippen LogP) is 3.42. The van der Waals surface area contributed by atoms with Crippen molar-refractivity contribution in [1.29, 1.82) is 0 Å². The zero-order valence-corrected chi connectivity index (χ0v) is 14.9. The number of aromatic nitrogens is 3. The summed E-state index contributed by atoms with van der Waals surface area (Å²) in [7, 11) is 1.91. The Morgan fingerprint density at radius 1 is 1.17 bits per heavy atom. The minimum absolute atomic E-state index is 0.0690. The van der Waals surface area contributed by atoms with Crippen LogP contribution in [-0.4, -0.2) is 33.0 Å². The van der Waals surface area contributed by atoms with Crippen LogP contribution >= 0.6 is 11.8 Å². The fraction of sp³-hybridized carbons (Fsp3) is 0.278. The van der Waals surface area contributed by atoms with Crippen LogP contribution in [0.1, 0.15) is 12.7 Å². The van der Waals surface area contributed by atoms with Crippen LogP contribution in [0.2, 0.25) is 0 Å². The fourth-order valence-electron chi connectivity index (χ4n) is 2.64. The smallest absolute Gasteiger partial charge is 0.237 e. The van der Waals surface area contributed by atoms with Gasteiger partial charge in [-0.1, -0.05) is 48.2 Å². The quantitative estimate of drug-likeness (QED) is 0.668. The lowest BCUT2D eigenvalue weighted by Crippen LogP contribution is -2.32. The van der Waals surface area contributed by atoms with Crippen molar-refractivity contribution in [3.05, 3.63) is 48.3 Å². The summed E-state index contributed by atoms with van der Waals surface area (Å²) in [6.07, 6.45) is 0. The van der Waals surface area contributed by atoms with Gasteiger partial charge in [-0.15, -0.1) is 10.2 Å². The SMILES string of the molecule is CCN(C(=O)CSc1nnc(C)n1C)c1cccc2ccccc12. The monoisotopic (exact) mass is 340 g/mol. The normalized spacial score (nSPS) is 11.0. The number of carbonyl (C=O) groups excluding carboxylic acids is 1. The molecule has 0 saturated carbocycles. The Labute approximate surface area is 145 Å². The van der Waals surface area contributed by atoms with Crippen molar-refractivity contribution < 1.29 is 4.79 Å². The molecule has 1 heterocycles. The molecule has 0 radical (unpaired) electrons. The summed E-state index contributed by atoms with van der Waals surface area (Å²) in [5.74, 6) is 1.24. The maximum absolute atomic E-state index is 12.8. The average molecular weight is 340 g/mol. The van der Waals surface area contributed by atoms with E-state index in [4.69, 9.17) is 0 Å². The van der Waals surface area contributed by atoms with E-state index in [1.165, 1.54) is 11.8 Å². The van der Waals surface area contributed by atoms with E-state index in [0.29, 0.717) is 12.3 Å². The van der Waals surface area contributed by atoms with Gasteiger partial charge in [-0.3, -0.25) is 4.79 Å². The molecular weight excluding hydrogens is 320 g/mol. The number of carbonyl (C=O) groups is 1. The van der Waals surface area contributed by atoms with Crippen LogP contribution in [0.3, 0.4) is 0 Å². The standard InChI is InChI=1S/C18H20N4OS/c1-4-22(16-11-7-9-14-8-5-6-10-15(14)16)17(23)12-24-18-20-19-13(2)21(18)3/h5-11H,4,12H2,1-3H3. The molecule has 6 heteroatoms. The molecule has 0 fully saturated rings. The number of aryl methyl sites for hydroxylation is 1. The molecule has 3 rings (SSSR count). The molecule has 3 aromatic rings. The number of anilines is 1. The van der Waals surface area contributed by atoms with Gasteiger partial charge >= 0.3 is 0 Å². The van der Waals surface area contributed by atoms with Crippen LogP contribution in [0.4, 0.5) is 5.69 Å². The number of rotatable bonds is 5. The molecule has 0 unspecified atom stereocenters. The largest absolute Gasteiger partial charge is 0.311 e. The second kappa shape index (κ2) is 7.05. The summed E-state index contributed by atoms with van der Waals surface area (Å²) < 4.78 is 1.89. The van der Waals surface area contributed by atoms with Crippen LogP contribution in [0.15, 0.2) is 47.6 Å². The van der Waals surface area contributed by atoms with Gasteiger partial charge in [0.05, 0.1) is 11.4 Å². The number of hydrogen-bond acceptors (Lipinski definition) is 4. The number of hydrogen-bond donors (Lipinski definition) is 0. The molecule has 24 heavy (non-hydrogen) atoms. The number of fused-ring (bicyclic) bond motifs is 1. The van der Waals surface area contributed by atoms with Gasteiger partial charge in [0.1, 0.15) is 5.82 Å². The number of amides is 1. The molecule has 124 valence electrons. The van der Waals surface area contributed by atoms with Crippen LogP contribution in [0, 0.1) is 6.92 Å². The van der Waals surface area contributed by atoms with Crippen molar-refractivity contribution in [1.82, 2.24) is 14.8 Å². The highest BCUT2D eigenvalue weighted by atomic mass is 32.2. The lowest BCUT2D eigenvalue weighted by molar-refractivity contribution is -0.116. The Balaban J connectivity index is 1.82. The Hall–Kier alpha value is -2.34. The molecule has 2 aromatic carbocycles. The molecular formula is C18H20N4OS. The summed E-state index contributed by atoms with van der Waals surface area (Å²) in [4.78, 5) is 14.6. The second-order valence-corrected chi connectivity index (χ2v) is 6.46. The third-order valence-corrected chi connectivity index (χ3v) is 5.06. The third-order valence-electron chi connectivity index (χ3n) is 4.05. The Kier molecular flexibility index (Phi) is 4.85. The molecule has 0 aliphatic rings. The zero-order valence-electron chi connectivity index (χ0n) is 14.1. The van der Waals surface area contributed by atoms with E-state index in [0.717, 1.165) is 27.4 Å². The molecule has 1 aromatic heterocycles. The molecule has 0 aliphatic heterocycles. The van der Waals surface area contributed by atoms with Gasteiger partial charge in [0, 0.05) is 19.0 Å². The van der Waals surface area contributed by atoms with Crippen molar-refractivity contribution in [3.8, 4) is 0 Å². The van der Waals surface area contributed by atoms with Crippen molar-refractivity contribution in [2.45, 2.75) is 19.0 Å². The lowest BCUT2D eigenvalue weighted by atomic mass is 10.1. The Morgan fingerprint density at radius 3 is 2.62 bits per heavy atom.